The van der Waals surface area contributed by atoms with Gasteiger partial charge in [-0.15, -0.1) is 0 Å². The maximum atomic E-state index is 4.44. The van der Waals surface area contributed by atoms with Gasteiger partial charge in [0, 0.05) is 29.7 Å². The Morgan fingerprint density at radius 2 is 2.10 bits per heavy atom. The lowest BCUT2D eigenvalue weighted by Crippen LogP contribution is -2.24. The van der Waals surface area contributed by atoms with E-state index in [2.05, 4.69) is 64.5 Å². The molecule has 1 atom stereocenters. The number of nitrogens with one attached hydrogen (secondary N) is 1. The molecule has 0 amide bonds. The van der Waals surface area contributed by atoms with Crippen LogP contribution in [0, 0.1) is 13.8 Å². The molecule has 0 spiro atoms. The number of likely N-dealkylation sites (N-methyl/N-ethyl adjacent to an activating group) is 1. The average molecular weight is 336 g/mol. The number of aryl methyl sites for hydroxylation is 3. The minimum atomic E-state index is 0.295. The van der Waals surface area contributed by atoms with Gasteiger partial charge in [-0.05, 0) is 37.6 Å². The lowest BCUT2D eigenvalue weighted by molar-refractivity contribution is 0.527. The van der Waals surface area contributed by atoms with E-state index >= 15 is 0 Å². The Bertz CT molecular complexity index is 589. The van der Waals surface area contributed by atoms with Gasteiger partial charge in [-0.25, -0.2) is 0 Å². The molecule has 1 N–H and O–H groups in total. The van der Waals surface area contributed by atoms with Gasteiger partial charge >= 0.3 is 0 Å². The number of hydrogen-bond acceptors (Lipinski definition) is 2. The third-order valence-electron chi connectivity index (χ3n) is 3.56. The van der Waals surface area contributed by atoms with E-state index in [9.17, 15) is 0 Å². The highest BCUT2D eigenvalue weighted by atomic mass is 79.9. The molecule has 0 saturated carbocycles. The summed E-state index contributed by atoms with van der Waals surface area (Å²) in [6.45, 7) is 7.26. The Labute approximate surface area is 129 Å². The fraction of sp³-hybridized carbons (Fsp3) is 0.438. The van der Waals surface area contributed by atoms with Gasteiger partial charge in [0.25, 0.3) is 0 Å². The van der Waals surface area contributed by atoms with Gasteiger partial charge in [-0.2, -0.15) is 5.10 Å². The molecule has 0 aliphatic heterocycles. The first-order valence-electron chi connectivity index (χ1n) is 7.00. The second-order valence-electron chi connectivity index (χ2n) is 5.19. The van der Waals surface area contributed by atoms with E-state index < -0.39 is 0 Å². The number of benzene rings is 1. The van der Waals surface area contributed by atoms with Crippen molar-refractivity contribution in [2.45, 2.75) is 33.2 Å². The van der Waals surface area contributed by atoms with Gasteiger partial charge in [0.1, 0.15) is 0 Å². The molecule has 4 heteroatoms. The predicted molar refractivity (Wildman–Crippen MR) is 86.9 cm³/mol. The van der Waals surface area contributed by atoms with Crippen LogP contribution in [0.1, 0.15) is 35.5 Å². The van der Waals surface area contributed by atoms with E-state index in [0.29, 0.717) is 6.04 Å². The first-order chi connectivity index (χ1) is 9.52. The summed E-state index contributed by atoms with van der Waals surface area (Å²) in [6, 6.07) is 8.89. The van der Waals surface area contributed by atoms with E-state index in [-0.39, 0.29) is 0 Å². The van der Waals surface area contributed by atoms with Crippen LogP contribution < -0.4 is 5.32 Å². The molecule has 108 valence electrons. The fourth-order valence-electron chi connectivity index (χ4n) is 2.54. The summed E-state index contributed by atoms with van der Waals surface area (Å²) in [5, 5.41) is 8.02. The molecule has 1 aromatic carbocycles. The van der Waals surface area contributed by atoms with Crippen molar-refractivity contribution in [2.75, 3.05) is 6.54 Å². The highest BCUT2D eigenvalue weighted by Gasteiger charge is 2.17. The average Bonchev–Trinajstić information content (AvgIpc) is 2.71. The summed E-state index contributed by atoms with van der Waals surface area (Å²) >= 11 is 3.73. The van der Waals surface area contributed by atoms with Crippen LogP contribution in [-0.4, -0.2) is 16.3 Å². The monoisotopic (exact) mass is 335 g/mol. The molecule has 2 rings (SSSR count). The molecule has 0 bridgehead atoms. The Balaban J connectivity index is 2.31. The first-order valence-corrected chi connectivity index (χ1v) is 7.80. The van der Waals surface area contributed by atoms with E-state index in [0.717, 1.165) is 18.7 Å². The number of aromatic nitrogens is 2. The van der Waals surface area contributed by atoms with Crippen molar-refractivity contribution in [3.8, 4) is 0 Å². The molecule has 1 unspecified atom stereocenters. The van der Waals surface area contributed by atoms with E-state index in [4.69, 9.17) is 0 Å². The minimum absolute atomic E-state index is 0.295. The summed E-state index contributed by atoms with van der Waals surface area (Å²) in [4.78, 5) is 0. The number of halogens is 1. The van der Waals surface area contributed by atoms with Crippen molar-refractivity contribution in [2.24, 2.45) is 7.05 Å². The third kappa shape index (κ3) is 3.30. The maximum Gasteiger partial charge on any atom is 0.0596 e. The normalized spacial score (nSPS) is 12.7. The van der Waals surface area contributed by atoms with Crippen molar-refractivity contribution in [1.29, 1.82) is 0 Å². The molecule has 1 aromatic heterocycles. The number of hydrogen-bond donors (Lipinski definition) is 1. The molecule has 0 aliphatic rings. The molecule has 0 fully saturated rings. The predicted octanol–water partition coefficient (Wildman–Crippen LogP) is 3.69. The van der Waals surface area contributed by atoms with E-state index in [1.807, 2.05) is 18.7 Å². The van der Waals surface area contributed by atoms with Gasteiger partial charge in [0.15, 0.2) is 0 Å². The molecular formula is C16H22BrN3. The largest absolute Gasteiger partial charge is 0.310 e. The van der Waals surface area contributed by atoms with Gasteiger partial charge < -0.3 is 5.32 Å². The van der Waals surface area contributed by atoms with Crippen LogP contribution in [0.25, 0.3) is 0 Å². The number of nitrogens with zero attached hydrogens (tertiary/aromatic N) is 2. The van der Waals surface area contributed by atoms with Crippen LogP contribution in [0.3, 0.4) is 0 Å². The molecule has 0 saturated heterocycles. The smallest absolute Gasteiger partial charge is 0.0596 e. The fourth-order valence-corrected chi connectivity index (χ4v) is 3.08. The summed E-state index contributed by atoms with van der Waals surface area (Å²) in [6.07, 6.45) is 0.938. The molecule has 0 radical (unpaired) electrons. The molecule has 2 aromatic rings. The summed E-state index contributed by atoms with van der Waals surface area (Å²) < 4.78 is 3.17. The van der Waals surface area contributed by atoms with Gasteiger partial charge in [0.2, 0.25) is 0 Å². The Hall–Kier alpha value is -1.13. The van der Waals surface area contributed by atoms with Crippen molar-refractivity contribution in [1.82, 2.24) is 15.1 Å². The molecular weight excluding hydrogens is 314 g/mol. The Morgan fingerprint density at radius 3 is 2.70 bits per heavy atom. The molecule has 20 heavy (non-hydrogen) atoms. The summed E-state index contributed by atoms with van der Waals surface area (Å²) in [7, 11) is 2.01. The summed E-state index contributed by atoms with van der Waals surface area (Å²) in [5.74, 6) is 0. The molecule has 0 aliphatic carbocycles. The zero-order valence-corrected chi connectivity index (χ0v) is 14.2. The Kier molecular flexibility index (Phi) is 5.00. The van der Waals surface area contributed by atoms with E-state index in [1.165, 1.54) is 21.3 Å². The summed E-state index contributed by atoms with van der Waals surface area (Å²) in [5.41, 5.74) is 4.90. The molecule has 3 nitrogen and oxygen atoms in total. The van der Waals surface area contributed by atoms with Crippen LogP contribution in [0.15, 0.2) is 28.7 Å². The maximum absolute atomic E-state index is 4.44. The van der Waals surface area contributed by atoms with Crippen molar-refractivity contribution in [3.63, 3.8) is 0 Å². The van der Waals surface area contributed by atoms with Gasteiger partial charge in [-0.3, -0.25) is 4.68 Å². The van der Waals surface area contributed by atoms with Crippen LogP contribution in [-0.2, 0) is 13.5 Å². The minimum Gasteiger partial charge on any atom is -0.310 e. The van der Waals surface area contributed by atoms with Gasteiger partial charge in [-0.1, -0.05) is 41.1 Å². The topological polar surface area (TPSA) is 29.9 Å². The Morgan fingerprint density at radius 1 is 1.35 bits per heavy atom. The van der Waals surface area contributed by atoms with Crippen molar-refractivity contribution in [3.05, 3.63) is 51.3 Å². The van der Waals surface area contributed by atoms with Crippen LogP contribution in [0.4, 0.5) is 0 Å². The lowest BCUT2D eigenvalue weighted by atomic mass is 10.00. The standard InChI is InChI=1S/C16H22BrN3/c1-5-18-15(10-13-9-12(3)19-20(13)4)14-8-6-7-11(2)16(14)17/h6-9,15,18H,5,10H2,1-4H3. The number of rotatable bonds is 5. The van der Waals surface area contributed by atoms with Crippen molar-refractivity contribution >= 4 is 15.9 Å². The van der Waals surface area contributed by atoms with Crippen LogP contribution in [0.2, 0.25) is 0 Å². The van der Waals surface area contributed by atoms with Crippen LogP contribution in [0.5, 0.6) is 0 Å². The second-order valence-corrected chi connectivity index (χ2v) is 5.99. The first kappa shape index (κ1) is 15.3. The van der Waals surface area contributed by atoms with Gasteiger partial charge in [0.05, 0.1) is 5.69 Å². The highest BCUT2D eigenvalue weighted by molar-refractivity contribution is 9.10. The highest BCUT2D eigenvalue weighted by Crippen LogP contribution is 2.28. The lowest BCUT2D eigenvalue weighted by Gasteiger charge is -2.20. The zero-order chi connectivity index (χ0) is 14.7. The van der Waals surface area contributed by atoms with Crippen molar-refractivity contribution < 1.29 is 0 Å². The van der Waals surface area contributed by atoms with E-state index in [1.54, 1.807) is 0 Å². The van der Waals surface area contributed by atoms with Crippen LogP contribution >= 0.6 is 15.9 Å². The zero-order valence-electron chi connectivity index (χ0n) is 12.6. The third-order valence-corrected chi connectivity index (χ3v) is 4.64. The quantitative estimate of drug-likeness (QED) is 0.902. The SMILES string of the molecule is CCNC(Cc1cc(C)nn1C)c1cccc(C)c1Br. The second kappa shape index (κ2) is 6.55. The molecule has 1 heterocycles.